The third kappa shape index (κ3) is 3.55. The molecule has 2 unspecified atom stereocenters. The van der Waals surface area contributed by atoms with E-state index in [0.29, 0.717) is 6.54 Å². The van der Waals surface area contributed by atoms with E-state index in [9.17, 15) is 15.2 Å². The summed E-state index contributed by atoms with van der Waals surface area (Å²) in [5.41, 5.74) is 0.931. The molecule has 2 rings (SSSR count). The molecule has 0 saturated heterocycles. The zero-order valence-corrected chi connectivity index (χ0v) is 11.8. The van der Waals surface area contributed by atoms with Crippen molar-refractivity contribution in [3.63, 3.8) is 0 Å². The fourth-order valence-electron chi connectivity index (χ4n) is 2.86. The minimum Gasteiger partial charge on any atom is -0.393 e. The van der Waals surface area contributed by atoms with Crippen molar-refractivity contribution < 1.29 is 10.0 Å². The molecule has 0 radical (unpaired) electrons. The van der Waals surface area contributed by atoms with E-state index in [2.05, 4.69) is 12.2 Å². The van der Waals surface area contributed by atoms with Gasteiger partial charge in [-0.3, -0.25) is 10.1 Å². The van der Waals surface area contributed by atoms with Crippen LogP contribution in [0.5, 0.6) is 0 Å². The lowest BCUT2D eigenvalue weighted by Crippen LogP contribution is -2.43. The van der Waals surface area contributed by atoms with E-state index >= 15 is 0 Å². The maximum absolute atomic E-state index is 10.7. The first-order valence-electron chi connectivity index (χ1n) is 7.13. The van der Waals surface area contributed by atoms with Crippen molar-refractivity contribution >= 4 is 5.69 Å². The van der Waals surface area contributed by atoms with Crippen LogP contribution in [0.1, 0.15) is 38.2 Å². The van der Waals surface area contributed by atoms with Crippen LogP contribution in [0.4, 0.5) is 5.69 Å². The Kier molecular flexibility index (Phi) is 4.73. The Hall–Kier alpha value is -1.46. The van der Waals surface area contributed by atoms with Crippen molar-refractivity contribution in [1.82, 2.24) is 5.32 Å². The van der Waals surface area contributed by atoms with Crippen LogP contribution < -0.4 is 5.32 Å². The number of hydrogen-bond donors (Lipinski definition) is 2. The largest absolute Gasteiger partial charge is 0.393 e. The van der Waals surface area contributed by atoms with Crippen LogP contribution in [0, 0.1) is 15.5 Å². The normalized spacial score (nSPS) is 26.4. The maximum Gasteiger partial charge on any atom is 0.269 e. The van der Waals surface area contributed by atoms with Crippen molar-refractivity contribution in [3.8, 4) is 0 Å². The molecule has 0 aromatic heterocycles. The fraction of sp³-hybridized carbons (Fsp3) is 0.600. The average Bonchev–Trinajstić information content (AvgIpc) is 2.43. The van der Waals surface area contributed by atoms with E-state index in [1.807, 2.05) is 6.07 Å². The van der Waals surface area contributed by atoms with Gasteiger partial charge in [0.2, 0.25) is 0 Å². The monoisotopic (exact) mass is 278 g/mol. The molecule has 0 heterocycles. The first-order valence-corrected chi connectivity index (χ1v) is 7.13. The van der Waals surface area contributed by atoms with Gasteiger partial charge in [0.05, 0.1) is 11.0 Å². The first-order chi connectivity index (χ1) is 9.51. The van der Waals surface area contributed by atoms with Gasteiger partial charge in [0, 0.05) is 30.6 Å². The average molecular weight is 278 g/mol. The quantitative estimate of drug-likeness (QED) is 0.641. The number of nitrogens with zero attached hydrogens (tertiary/aromatic N) is 1. The fourth-order valence-corrected chi connectivity index (χ4v) is 2.86. The van der Waals surface area contributed by atoms with Crippen molar-refractivity contribution in [2.24, 2.45) is 5.41 Å². The number of non-ortho nitro benzene ring substituents is 1. The summed E-state index contributed by atoms with van der Waals surface area (Å²) in [5, 5.41) is 24.2. The molecule has 1 aromatic carbocycles. The summed E-state index contributed by atoms with van der Waals surface area (Å²) < 4.78 is 0. The minimum atomic E-state index is -0.379. The summed E-state index contributed by atoms with van der Waals surface area (Å²) >= 11 is 0. The molecule has 110 valence electrons. The van der Waals surface area contributed by atoms with Crippen LogP contribution in [-0.2, 0) is 6.54 Å². The molecule has 1 fully saturated rings. The molecule has 20 heavy (non-hydrogen) atoms. The molecule has 5 nitrogen and oxygen atoms in total. The van der Waals surface area contributed by atoms with Crippen LogP contribution in [0.25, 0.3) is 0 Å². The highest BCUT2D eigenvalue weighted by atomic mass is 16.6. The van der Waals surface area contributed by atoms with E-state index in [1.165, 1.54) is 6.07 Å². The SMILES string of the molecule is CC1(CNCc2cccc([N+](=O)[O-])c2)CCCCC1O. The van der Waals surface area contributed by atoms with E-state index in [0.717, 1.165) is 37.8 Å². The molecule has 0 bridgehead atoms. The lowest BCUT2D eigenvalue weighted by atomic mass is 9.73. The highest BCUT2D eigenvalue weighted by Crippen LogP contribution is 2.35. The second-order valence-electron chi connectivity index (χ2n) is 5.95. The third-order valence-electron chi connectivity index (χ3n) is 4.26. The van der Waals surface area contributed by atoms with E-state index in [4.69, 9.17) is 0 Å². The number of aliphatic hydroxyl groups is 1. The number of nitrogens with one attached hydrogen (secondary N) is 1. The van der Waals surface area contributed by atoms with Crippen LogP contribution in [-0.4, -0.2) is 22.7 Å². The van der Waals surface area contributed by atoms with Crippen LogP contribution in [0.2, 0.25) is 0 Å². The van der Waals surface area contributed by atoms with Gasteiger partial charge in [0.15, 0.2) is 0 Å². The van der Waals surface area contributed by atoms with Crippen LogP contribution in [0.3, 0.4) is 0 Å². The highest BCUT2D eigenvalue weighted by Gasteiger charge is 2.34. The lowest BCUT2D eigenvalue weighted by molar-refractivity contribution is -0.384. The number of hydrogen-bond acceptors (Lipinski definition) is 4. The number of benzene rings is 1. The molecule has 2 N–H and O–H groups in total. The second kappa shape index (κ2) is 6.33. The molecule has 1 aliphatic rings. The molecule has 1 saturated carbocycles. The predicted octanol–water partition coefficient (Wildman–Crippen LogP) is 2.63. The van der Waals surface area contributed by atoms with Gasteiger partial charge in [0.25, 0.3) is 5.69 Å². The van der Waals surface area contributed by atoms with Gasteiger partial charge in [-0.1, -0.05) is 31.9 Å². The summed E-state index contributed by atoms with van der Waals surface area (Å²) in [5.74, 6) is 0. The van der Waals surface area contributed by atoms with Crippen LogP contribution in [0.15, 0.2) is 24.3 Å². The van der Waals surface area contributed by atoms with Crippen LogP contribution >= 0.6 is 0 Å². The molecule has 1 aliphatic carbocycles. The van der Waals surface area contributed by atoms with Crippen molar-refractivity contribution in [3.05, 3.63) is 39.9 Å². The number of nitro benzene ring substituents is 1. The third-order valence-corrected chi connectivity index (χ3v) is 4.26. The van der Waals surface area contributed by atoms with Gasteiger partial charge in [-0.2, -0.15) is 0 Å². The van der Waals surface area contributed by atoms with Crippen molar-refractivity contribution in [2.75, 3.05) is 6.54 Å². The smallest absolute Gasteiger partial charge is 0.269 e. The number of nitro groups is 1. The number of aliphatic hydroxyl groups excluding tert-OH is 1. The Morgan fingerprint density at radius 1 is 1.50 bits per heavy atom. The molecule has 1 aromatic rings. The Morgan fingerprint density at radius 3 is 3.00 bits per heavy atom. The van der Waals surface area contributed by atoms with E-state index < -0.39 is 0 Å². The van der Waals surface area contributed by atoms with E-state index in [1.54, 1.807) is 12.1 Å². The molecular formula is C15H22N2O3. The Morgan fingerprint density at radius 2 is 2.30 bits per heavy atom. The standard InChI is InChI=1S/C15H22N2O3/c1-15(8-3-2-7-14(15)18)11-16-10-12-5-4-6-13(9-12)17(19)20/h4-6,9,14,16,18H,2-3,7-8,10-11H2,1H3. The van der Waals surface area contributed by atoms with Crippen molar-refractivity contribution in [2.45, 2.75) is 45.3 Å². The van der Waals surface area contributed by atoms with Gasteiger partial charge in [-0.15, -0.1) is 0 Å². The zero-order valence-electron chi connectivity index (χ0n) is 11.8. The van der Waals surface area contributed by atoms with Gasteiger partial charge in [-0.05, 0) is 18.4 Å². The second-order valence-corrected chi connectivity index (χ2v) is 5.95. The van der Waals surface area contributed by atoms with Gasteiger partial charge >= 0.3 is 0 Å². The molecule has 0 spiro atoms. The Bertz CT molecular complexity index is 478. The molecule has 0 aliphatic heterocycles. The summed E-state index contributed by atoms with van der Waals surface area (Å²) in [6, 6.07) is 6.66. The topological polar surface area (TPSA) is 75.4 Å². The summed E-state index contributed by atoms with van der Waals surface area (Å²) in [6.45, 7) is 3.43. The summed E-state index contributed by atoms with van der Waals surface area (Å²) in [6.07, 6.45) is 3.90. The molecule has 2 atom stereocenters. The summed E-state index contributed by atoms with van der Waals surface area (Å²) in [4.78, 5) is 10.3. The maximum atomic E-state index is 10.7. The summed E-state index contributed by atoms with van der Waals surface area (Å²) in [7, 11) is 0. The molecule has 0 amide bonds. The Balaban J connectivity index is 1.89. The zero-order chi connectivity index (χ0) is 14.6. The van der Waals surface area contributed by atoms with Crippen molar-refractivity contribution in [1.29, 1.82) is 0 Å². The van der Waals surface area contributed by atoms with E-state index in [-0.39, 0.29) is 22.1 Å². The minimum absolute atomic E-state index is 0.0844. The Labute approximate surface area is 119 Å². The van der Waals surface area contributed by atoms with Gasteiger partial charge < -0.3 is 10.4 Å². The molecular weight excluding hydrogens is 256 g/mol. The molecule has 5 heteroatoms. The number of rotatable bonds is 5. The van der Waals surface area contributed by atoms with Gasteiger partial charge in [-0.25, -0.2) is 0 Å². The van der Waals surface area contributed by atoms with Gasteiger partial charge in [0.1, 0.15) is 0 Å². The first kappa shape index (κ1) is 14.9. The highest BCUT2D eigenvalue weighted by molar-refractivity contribution is 5.34. The lowest BCUT2D eigenvalue weighted by Gasteiger charge is -2.38. The predicted molar refractivity (Wildman–Crippen MR) is 77.4 cm³/mol.